The van der Waals surface area contributed by atoms with Crippen LogP contribution >= 0.6 is 7.94 Å². The van der Waals surface area contributed by atoms with E-state index in [0.29, 0.717) is 0 Å². The quantitative estimate of drug-likeness (QED) is 0.566. The standard InChI is InChI=1S/C9H18NO2P/c1-2-3-8-4-6-9(7-5-8)13(12)10-11/h8-9,11H,2-7H2,1H3. The van der Waals surface area contributed by atoms with Crippen molar-refractivity contribution in [3.8, 4) is 0 Å². The number of rotatable bonds is 3. The SMILES string of the molecule is CCCC1CCC([P+]([O-])=NO)CC1. The highest BCUT2D eigenvalue weighted by molar-refractivity contribution is 7.40. The molecule has 0 aromatic rings. The van der Waals surface area contributed by atoms with Gasteiger partial charge in [0, 0.05) is 4.91 Å². The summed E-state index contributed by atoms with van der Waals surface area (Å²) in [6.45, 7) is 2.20. The molecular weight excluding hydrogens is 185 g/mol. The van der Waals surface area contributed by atoms with Gasteiger partial charge in [-0.2, -0.15) is 0 Å². The smallest absolute Gasteiger partial charge is 0.204 e. The van der Waals surface area contributed by atoms with E-state index in [2.05, 4.69) is 11.8 Å². The number of hydrogen-bond donors (Lipinski definition) is 1. The molecule has 1 aliphatic rings. The largest absolute Gasteiger partial charge is 0.610 e. The lowest BCUT2D eigenvalue weighted by atomic mass is 9.86. The third-order valence-electron chi connectivity index (χ3n) is 2.91. The fourth-order valence-corrected chi connectivity index (χ4v) is 3.02. The van der Waals surface area contributed by atoms with E-state index in [0.717, 1.165) is 31.6 Å². The van der Waals surface area contributed by atoms with E-state index < -0.39 is 7.94 Å². The number of hydrogen-bond acceptors (Lipinski definition) is 2. The molecule has 1 unspecified atom stereocenters. The van der Waals surface area contributed by atoms with Crippen LogP contribution in [0, 0.1) is 5.92 Å². The summed E-state index contributed by atoms with van der Waals surface area (Å²) < 4.78 is 0. The summed E-state index contributed by atoms with van der Waals surface area (Å²) in [5, 5.41) is 8.40. The van der Waals surface area contributed by atoms with Crippen LogP contribution < -0.4 is 4.89 Å². The summed E-state index contributed by atoms with van der Waals surface area (Å²) in [4.78, 5) is 14.1. The van der Waals surface area contributed by atoms with Crippen LogP contribution in [0.1, 0.15) is 45.4 Å². The zero-order valence-corrected chi connectivity index (χ0v) is 9.04. The van der Waals surface area contributed by atoms with Gasteiger partial charge in [0.05, 0.1) is 0 Å². The van der Waals surface area contributed by atoms with Crippen molar-refractivity contribution in [3.63, 3.8) is 0 Å². The van der Waals surface area contributed by atoms with Crippen LogP contribution in [0.5, 0.6) is 0 Å². The summed E-state index contributed by atoms with van der Waals surface area (Å²) in [5.74, 6) is 0.823. The van der Waals surface area contributed by atoms with Gasteiger partial charge in [-0.1, -0.05) is 19.8 Å². The van der Waals surface area contributed by atoms with Crippen molar-refractivity contribution in [2.45, 2.75) is 51.1 Å². The van der Waals surface area contributed by atoms with Crippen LogP contribution in [0.4, 0.5) is 0 Å². The fraction of sp³-hybridized carbons (Fsp3) is 1.00. The molecule has 0 heterocycles. The van der Waals surface area contributed by atoms with Crippen molar-refractivity contribution in [1.29, 1.82) is 0 Å². The van der Waals surface area contributed by atoms with Crippen molar-refractivity contribution in [1.82, 2.24) is 0 Å². The molecule has 3 nitrogen and oxygen atoms in total. The predicted molar refractivity (Wildman–Crippen MR) is 51.8 cm³/mol. The van der Waals surface area contributed by atoms with Gasteiger partial charge in [0.15, 0.2) is 0 Å². The third-order valence-corrected chi connectivity index (χ3v) is 4.23. The monoisotopic (exact) mass is 203 g/mol. The fourth-order valence-electron chi connectivity index (χ4n) is 2.14. The molecule has 1 saturated carbocycles. The zero-order chi connectivity index (χ0) is 9.68. The average Bonchev–Trinajstić information content (AvgIpc) is 2.18. The maximum atomic E-state index is 11.2. The summed E-state index contributed by atoms with van der Waals surface area (Å²) in [5.41, 5.74) is 0.146. The first-order valence-electron chi connectivity index (χ1n) is 5.09. The molecule has 1 N–H and O–H groups in total. The molecule has 4 heteroatoms. The second kappa shape index (κ2) is 5.69. The van der Waals surface area contributed by atoms with Crippen LogP contribution in [0.3, 0.4) is 0 Å². The molecule has 1 aliphatic carbocycles. The molecule has 0 radical (unpaired) electrons. The zero-order valence-electron chi connectivity index (χ0n) is 8.15. The van der Waals surface area contributed by atoms with Gasteiger partial charge in [-0.3, -0.25) is 0 Å². The van der Waals surface area contributed by atoms with Crippen LogP contribution in [0.25, 0.3) is 0 Å². The van der Waals surface area contributed by atoms with Crippen LogP contribution in [0.2, 0.25) is 0 Å². The van der Waals surface area contributed by atoms with E-state index in [-0.39, 0.29) is 5.66 Å². The van der Waals surface area contributed by atoms with Gasteiger partial charge in [-0.05, 0) is 31.6 Å². The minimum atomic E-state index is -1.69. The Morgan fingerprint density at radius 2 is 2.00 bits per heavy atom. The van der Waals surface area contributed by atoms with Crippen LogP contribution in [0.15, 0.2) is 4.91 Å². The van der Waals surface area contributed by atoms with Crippen molar-refractivity contribution in [2.24, 2.45) is 10.8 Å². The van der Waals surface area contributed by atoms with Crippen LogP contribution in [-0.2, 0) is 0 Å². The first-order valence-corrected chi connectivity index (χ1v) is 6.37. The van der Waals surface area contributed by atoms with Gasteiger partial charge in [0.1, 0.15) is 5.66 Å². The Morgan fingerprint density at radius 1 is 1.38 bits per heavy atom. The molecule has 0 aromatic heterocycles. The molecule has 0 saturated heterocycles. The Hall–Kier alpha value is 0.0200. The van der Waals surface area contributed by atoms with Gasteiger partial charge in [-0.25, -0.2) is 5.21 Å². The minimum Gasteiger partial charge on any atom is -0.610 e. The molecular formula is C9H18NO2P. The van der Waals surface area contributed by atoms with Gasteiger partial charge in [0.2, 0.25) is 7.94 Å². The summed E-state index contributed by atoms with van der Waals surface area (Å²) in [6.07, 6.45) is 6.81. The van der Waals surface area contributed by atoms with E-state index in [9.17, 15) is 4.89 Å². The molecule has 13 heavy (non-hydrogen) atoms. The maximum absolute atomic E-state index is 11.2. The molecule has 0 bridgehead atoms. The van der Waals surface area contributed by atoms with Crippen molar-refractivity contribution in [3.05, 3.63) is 0 Å². The Labute approximate surface area is 80.7 Å². The topological polar surface area (TPSA) is 55.7 Å². The highest BCUT2D eigenvalue weighted by Crippen LogP contribution is 2.38. The van der Waals surface area contributed by atoms with E-state index in [1.807, 2.05) is 0 Å². The first kappa shape index (κ1) is 11.1. The van der Waals surface area contributed by atoms with Gasteiger partial charge in [0.25, 0.3) is 0 Å². The number of nitrogens with zero attached hydrogens (tertiary/aromatic N) is 1. The molecule has 0 aliphatic heterocycles. The Bertz CT molecular complexity index is 176. The van der Waals surface area contributed by atoms with Gasteiger partial charge >= 0.3 is 0 Å². The molecule has 1 fully saturated rings. The Kier molecular flexibility index (Phi) is 4.86. The van der Waals surface area contributed by atoms with Crippen molar-refractivity contribution in [2.75, 3.05) is 0 Å². The molecule has 0 aromatic carbocycles. The highest BCUT2D eigenvalue weighted by Gasteiger charge is 2.27. The molecule has 1 atom stereocenters. The predicted octanol–water partition coefficient (Wildman–Crippen LogP) is 2.68. The Morgan fingerprint density at radius 3 is 2.46 bits per heavy atom. The van der Waals surface area contributed by atoms with Crippen LogP contribution in [-0.4, -0.2) is 10.9 Å². The lowest BCUT2D eigenvalue weighted by Gasteiger charge is -2.24. The van der Waals surface area contributed by atoms with E-state index in [1.165, 1.54) is 12.8 Å². The minimum absolute atomic E-state index is 0.146. The summed E-state index contributed by atoms with van der Waals surface area (Å²) >= 11 is 0. The molecule has 0 amide bonds. The van der Waals surface area contributed by atoms with E-state index in [4.69, 9.17) is 5.21 Å². The first-order chi connectivity index (χ1) is 6.27. The lowest BCUT2D eigenvalue weighted by molar-refractivity contribution is -0.160. The normalized spacial score (nSPS) is 30.5. The van der Waals surface area contributed by atoms with E-state index >= 15 is 0 Å². The maximum Gasteiger partial charge on any atom is 0.204 e. The van der Waals surface area contributed by atoms with Crippen molar-refractivity contribution >= 4 is 7.94 Å². The third kappa shape index (κ3) is 3.34. The molecule has 1 rings (SSSR count). The van der Waals surface area contributed by atoms with Crippen molar-refractivity contribution < 1.29 is 10.1 Å². The highest BCUT2D eigenvalue weighted by atomic mass is 31.1. The second-order valence-corrected chi connectivity index (χ2v) is 5.37. The average molecular weight is 203 g/mol. The summed E-state index contributed by atoms with van der Waals surface area (Å²) in [6, 6.07) is 0. The van der Waals surface area contributed by atoms with Gasteiger partial charge < -0.3 is 4.89 Å². The summed E-state index contributed by atoms with van der Waals surface area (Å²) in [7, 11) is -1.69. The Balaban J connectivity index is 2.30. The molecule has 0 spiro atoms. The lowest BCUT2D eigenvalue weighted by Crippen LogP contribution is -2.18. The second-order valence-electron chi connectivity index (χ2n) is 3.86. The molecule has 76 valence electrons. The van der Waals surface area contributed by atoms with E-state index in [1.54, 1.807) is 0 Å². The van der Waals surface area contributed by atoms with Gasteiger partial charge in [-0.15, -0.1) is 0 Å².